The van der Waals surface area contributed by atoms with Crippen LogP contribution >= 0.6 is 11.8 Å². The van der Waals surface area contributed by atoms with Gasteiger partial charge in [-0.05, 0) is 29.8 Å². The smallest absolute Gasteiger partial charge is 0.263 e. The van der Waals surface area contributed by atoms with Gasteiger partial charge in [0, 0.05) is 60.2 Å². The largest absolute Gasteiger partial charge is 0.398 e. The molecule has 1 saturated heterocycles. The normalized spacial score (nSPS) is 16.8. The van der Waals surface area contributed by atoms with Crippen molar-refractivity contribution < 1.29 is 13.2 Å². The molecule has 3 heterocycles. The first kappa shape index (κ1) is 22.4. The molecule has 2 aromatic rings. The number of thioether (sulfide) groups is 1. The van der Waals surface area contributed by atoms with Crippen LogP contribution in [0.2, 0.25) is 0 Å². The number of nitrogens with zero attached hydrogens (tertiary/aromatic N) is 3. The molecule has 4 rings (SSSR count). The van der Waals surface area contributed by atoms with Crippen molar-refractivity contribution in [2.24, 2.45) is 10.7 Å². The summed E-state index contributed by atoms with van der Waals surface area (Å²) in [6.45, 7) is 2.77. The van der Waals surface area contributed by atoms with Crippen LogP contribution in [-0.2, 0) is 20.5 Å². The van der Waals surface area contributed by atoms with Gasteiger partial charge in [-0.2, -0.15) is 0 Å². The lowest BCUT2D eigenvalue weighted by Gasteiger charge is -2.27. The van der Waals surface area contributed by atoms with E-state index in [1.54, 1.807) is 42.4 Å². The van der Waals surface area contributed by atoms with E-state index in [0.717, 1.165) is 29.4 Å². The summed E-state index contributed by atoms with van der Waals surface area (Å²) in [7, 11) is -3.75. The van der Waals surface area contributed by atoms with Crippen molar-refractivity contribution >= 4 is 39.5 Å². The number of anilines is 2. The second kappa shape index (κ2) is 10.2. The zero-order chi connectivity index (χ0) is 22.4. The monoisotopic (exact) mass is 471 g/mol. The predicted octanol–water partition coefficient (Wildman–Crippen LogP) is 3.11. The Morgan fingerprint density at radius 2 is 2.03 bits per heavy atom. The molecular weight excluding hydrogens is 446 g/mol. The molecule has 1 fully saturated rings. The summed E-state index contributed by atoms with van der Waals surface area (Å²) in [5.74, 6) is 1.39. The van der Waals surface area contributed by atoms with E-state index in [2.05, 4.69) is 19.6 Å². The van der Waals surface area contributed by atoms with Crippen LogP contribution in [-0.4, -0.2) is 45.9 Å². The van der Waals surface area contributed by atoms with Crippen LogP contribution in [0.25, 0.3) is 0 Å². The molecule has 2 aliphatic rings. The number of ether oxygens (including phenoxy) is 1. The minimum atomic E-state index is -3.75. The summed E-state index contributed by atoms with van der Waals surface area (Å²) >= 11 is 1.56. The lowest BCUT2D eigenvalue weighted by Crippen LogP contribution is -2.36. The molecule has 1 aromatic heterocycles. The van der Waals surface area contributed by atoms with Crippen molar-refractivity contribution in [1.82, 2.24) is 4.98 Å². The fourth-order valence-corrected chi connectivity index (χ4v) is 5.15. The maximum Gasteiger partial charge on any atom is 0.263 e. The van der Waals surface area contributed by atoms with Crippen LogP contribution in [0.1, 0.15) is 12.0 Å². The maximum atomic E-state index is 12.8. The van der Waals surface area contributed by atoms with Crippen LogP contribution in [0.3, 0.4) is 0 Å². The number of allylic oxidation sites excluding steroid dienone is 1. The van der Waals surface area contributed by atoms with Crippen LogP contribution in [0.4, 0.5) is 11.5 Å². The number of nitrogens with two attached hydrogens (primary N) is 1. The third-order valence-corrected chi connectivity index (χ3v) is 7.46. The highest BCUT2D eigenvalue weighted by atomic mass is 32.2. The second-order valence-corrected chi connectivity index (χ2v) is 9.97. The summed E-state index contributed by atoms with van der Waals surface area (Å²) < 4.78 is 33.7. The van der Waals surface area contributed by atoms with E-state index in [1.165, 1.54) is 6.20 Å². The van der Waals surface area contributed by atoms with Gasteiger partial charge in [-0.15, -0.1) is 11.8 Å². The fraction of sp³-hybridized carbons (Fsp3) is 0.273. The van der Waals surface area contributed by atoms with Gasteiger partial charge < -0.3 is 15.4 Å². The van der Waals surface area contributed by atoms with Crippen molar-refractivity contribution in [3.8, 4) is 0 Å². The van der Waals surface area contributed by atoms with Crippen molar-refractivity contribution in [2.75, 3.05) is 35.9 Å². The highest BCUT2D eigenvalue weighted by Crippen LogP contribution is 2.28. The molecule has 10 heteroatoms. The van der Waals surface area contributed by atoms with Gasteiger partial charge in [0.1, 0.15) is 10.7 Å². The van der Waals surface area contributed by atoms with E-state index in [0.29, 0.717) is 36.8 Å². The first-order valence-electron chi connectivity index (χ1n) is 10.2. The Kier molecular flexibility index (Phi) is 7.13. The van der Waals surface area contributed by atoms with Gasteiger partial charge in [-0.3, -0.25) is 9.71 Å². The van der Waals surface area contributed by atoms with Crippen molar-refractivity contribution in [2.45, 2.75) is 17.1 Å². The summed E-state index contributed by atoms with van der Waals surface area (Å²) in [6, 6.07) is 10.6. The molecule has 0 aliphatic carbocycles. The highest BCUT2D eigenvalue weighted by Gasteiger charge is 2.17. The molecule has 3 N–H and O–H groups in total. The van der Waals surface area contributed by atoms with E-state index in [4.69, 9.17) is 10.5 Å². The Morgan fingerprint density at radius 3 is 2.81 bits per heavy atom. The summed E-state index contributed by atoms with van der Waals surface area (Å²) in [4.78, 5) is 11.6. The van der Waals surface area contributed by atoms with Gasteiger partial charge in [0.2, 0.25) is 0 Å². The van der Waals surface area contributed by atoms with Gasteiger partial charge in [0.25, 0.3) is 10.0 Å². The molecule has 8 nitrogen and oxygen atoms in total. The molecule has 0 spiro atoms. The zero-order valence-corrected chi connectivity index (χ0v) is 19.1. The third-order valence-electron chi connectivity index (χ3n) is 4.96. The first-order valence-corrected chi connectivity index (χ1v) is 12.7. The molecule has 168 valence electrons. The number of hydrogen-bond donors (Lipinski definition) is 2. The molecule has 0 bridgehead atoms. The Bertz CT molecular complexity index is 1140. The molecule has 1 aromatic carbocycles. The number of morpholine rings is 1. The number of sulfonamides is 1. The Balaban J connectivity index is 1.42. The lowest BCUT2D eigenvalue weighted by molar-refractivity contribution is 0.122. The fourth-order valence-electron chi connectivity index (χ4n) is 3.27. The first-order chi connectivity index (χ1) is 15.5. The van der Waals surface area contributed by atoms with E-state index < -0.39 is 10.0 Å². The average Bonchev–Trinajstić information content (AvgIpc) is 3.02. The number of rotatable bonds is 7. The Labute approximate surface area is 192 Å². The van der Waals surface area contributed by atoms with Crippen LogP contribution in [0.5, 0.6) is 0 Å². The molecule has 0 atom stereocenters. The van der Waals surface area contributed by atoms with Gasteiger partial charge in [0.15, 0.2) is 0 Å². The summed E-state index contributed by atoms with van der Waals surface area (Å²) in [6.07, 6.45) is 7.59. The molecular formula is C22H25N5O3S2. The van der Waals surface area contributed by atoms with Gasteiger partial charge in [-0.25, -0.2) is 13.4 Å². The van der Waals surface area contributed by atoms with E-state index in [9.17, 15) is 8.42 Å². The molecule has 0 amide bonds. The molecule has 0 radical (unpaired) electrons. The number of aromatic nitrogens is 1. The van der Waals surface area contributed by atoms with Crippen molar-refractivity contribution in [1.29, 1.82) is 0 Å². The third kappa shape index (κ3) is 5.70. The molecule has 32 heavy (non-hydrogen) atoms. The Hall–Kier alpha value is -2.82. The molecule has 0 unspecified atom stereocenters. The molecule has 2 aliphatic heterocycles. The number of hydrogen-bond acceptors (Lipinski definition) is 8. The topological polar surface area (TPSA) is 110 Å². The minimum absolute atomic E-state index is 0.119. The standard InChI is InChI=1S/C22H25N5O3S2/c23-20-5-2-8-24-15-21(20)31-16-17-3-1-4-18(13-17)26-32(28,29)19-6-7-22(25-14-19)27-9-11-30-12-10-27/h1,3-8,13-15,26H,2,9-12,16,23H2. The van der Waals surface area contributed by atoms with E-state index in [-0.39, 0.29) is 4.90 Å². The van der Waals surface area contributed by atoms with Crippen LogP contribution in [0.15, 0.2) is 75.4 Å². The van der Waals surface area contributed by atoms with Gasteiger partial charge >= 0.3 is 0 Å². The number of benzene rings is 1. The van der Waals surface area contributed by atoms with E-state index in [1.807, 2.05) is 24.3 Å². The number of nitrogens with one attached hydrogen (secondary N) is 1. The van der Waals surface area contributed by atoms with Crippen LogP contribution in [0, 0.1) is 0 Å². The second-order valence-electron chi connectivity index (χ2n) is 7.27. The summed E-state index contributed by atoms with van der Waals surface area (Å²) in [5.41, 5.74) is 8.24. The number of pyridine rings is 1. The lowest BCUT2D eigenvalue weighted by atomic mass is 10.2. The van der Waals surface area contributed by atoms with Gasteiger partial charge in [0.05, 0.1) is 13.2 Å². The quantitative estimate of drug-likeness (QED) is 0.638. The van der Waals surface area contributed by atoms with Gasteiger partial charge in [-0.1, -0.05) is 18.2 Å². The zero-order valence-electron chi connectivity index (χ0n) is 17.5. The van der Waals surface area contributed by atoms with Crippen molar-refractivity contribution in [3.63, 3.8) is 0 Å². The highest BCUT2D eigenvalue weighted by molar-refractivity contribution is 8.02. The maximum absolute atomic E-state index is 12.8. The predicted molar refractivity (Wildman–Crippen MR) is 129 cm³/mol. The average molecular weight is 472 g/mol. The summed E-state index contributed by atoms with van der Waals surface area (Å²) in [5, 5.41) is 0. The SMILES string of the molecule is NC1=CCC=NC=C1SCc1cccc(NS(=O)(=O)c2ccc(N3CCOCC3)nc2)c1. The number of aliphatic imine (C=N–C) groups is 1. The minimum Gasteiger partial charge on any atom is -0.398 e. The Morgan fingerprint density at radius 1 is 1.19 bits per heavy atom. The van der Waals surface area contributed by atoms with Crippen molar-refractivity contribution in [3.05, 3.63) is 71.0 Å². The van der Waals surface area contributed by atoms with Crippen LogP contribution < -0.4 is 15.4 Å². The van der Waals surface area contributed by atoms with E-state index >= 15 is 0 Å². The molecule has 0 saturated carbocycles.